The van der Waals surface area contributed by atoms with Gasteiger partial charge < -0.3 is 4.79 Å². The van der Waals surface area contributed by atoms with Crippen molar-refractivity contribution in [1.29, 1.82) is 0 Å². The zero-order valence-corrected chi connectivity index (χ0v) is 4.23. The molecule has 1 nitrogen and oxygen atoms in total. The molecule has 0 rings (SSSR count). The number of rotatable bonds is 0. The zero-order chi connectivity index (χ0) is 2.00. The molecule has 0 aliphatic heterocycles. The Morgan fingerprint density at radius 1 is 1.25 bits per heavy atom. The fourth-order valence-electron chi connectivity index (χ4n) is 0. The smallest absolute Gasteiger partial charge is 0.545 e. The first kappa shape index (κ1) is 20.4. The van der Waals surface area contributed by atoms with Crippen molar-refractivity contribution in [3.8, 4) is 0 Å². The molecule has 0 unspecified atom stereocenters. The summed E-state index contributed by atoms with van der Waals surface area (Å²) in [6.07, 6.45) is 0. The normalized spacial score (nSPS) is 1.00. The molecule has 0 bridgehead atoms. The molecule has 0 saturated heterocycles. The Bertz CT molecular complexity index is 8.00. The Balaban J connectivity index is -0.00000000500. The molecule has 0 spiro atoms. The predicted molar refractivity (Wildman–Crippen MR) is 6.75 cm³/mol. The van der Waals surface area contributed by atoms with Crippen LogP contribution in [-0.2, 0) is 44.2 Å². The summed E-state index contributed by atoms with van der Waals surface area (Å²) >= 11 is 0. The minimum atomic E-state index is 0. The van der Waals surface area contributed by atoms with Gasteiger partial charge >= 0.3 is 22.4 Å². The Morgan fingerprint density at radius 3 is 1.25 bits per heavy atom. The van der Waals surface area contributed by atoms with Gasteiger partial charge in [0.05, 0.1) is 0 Å². The van der Waals surface area contributed by atoms with E-state index in [0.29, 0.717) is 0 Å². The fraction of sp³-hybridized carbons (Fsp3) is 0. The van der Waals surface area contributed by atoms with E-state index >= 15 is 0 Å². The van der Waals surface area contributed by atoms with Crippen molar-refractivity contribution in [3.63, 3.8) is 0 Å². The van der Waals surface area contributed by atoms with E-state index in [2.05, 4.69) is 6.79 Å². The van der Waals surface area contributed by atoms with Crippen LogP contribution in [0.25, 0.3) is 0 Å². The third-order valence-electron chi connectivity index (χ3n) is 0. The molecule has 0 N–H and O–H groups in total. The van der Waals surface area contributed by atoms with Crippen molar-refractivity contribution in [2.24, 2.45) is 0 Å². The van der Waals surface area contributed by atoms with Gasteiger partial charge in [-0.2, -0.15) is 0 Å². The molecule has 4 heavy (non-hydrogen) atoms. The molecule has 0 aromatic carbocycles. The van der Waals surface area contributed by atoms with Crippen LogP contribution in [0, 0.1) is 0 Å². The Hall–Kier alpha value is 0.930. The Morgan fingerprint density at radius 2 is 1.25 bits per heavy atom. The van der Waals surface area contributed by atoms with Crippen LogP contribution >= 0.6 is 0 Å². The molecule has 0 heterocycles. The topological polar surface area (TPSA) is 17.1 Å². The monoisotopic (exact) mass is 192 g/mol. The number of carbonyl (C=O) groups excluding carboxylic acids is 1. The van der Waals surface area contributed by atoms with Gasteiger partial charge in [-0.1, -0.05) is 0 Å². The van der Waals surface area contributed by atoms with Crippen molar-refractivity contribution in [2.75, 3.05) is 0 Å². The van der Waals surface area contributed by atoms with Crippen LogP contribution in [0.5, 0.6) is 0 Å². The first-order valence-corrected chi connectivity index (χ1v) is 0.236. The van der Waals surface area contributed by atoms with Crippen molar-refractivity contribution in [3.05, 3.63) is 0 Å². The standard InChI is InChI=1S/CHO.Ag.Fe/c1-2;;/h1H;;/q-1;+1;. The van der Waals surface area contributed by atoms with E-state index in [4.69, 9.17) is 4.79 Å². The van der Waals surface area contributed by atoms with Gasteiger partial charge in [0, 0.05) is 17.1 Å². The maximum Gasteiger partial charge on any atom is 1.00 e. The minimum absolute atomic E-state index is 0. The summed E-state index contributed by atoms with van der Waals surface area (Å²) in [5.74, 6) is 0. The van der Waals surface area contributed by atoms with E-state index in [9.17, 15) is 0 Å². The second-order valence-corrected chi connectivity index (χ2v) is 0. The maximum atomic E-state index is 7.75. The van der Waals surface area contributed by atoms with E-state index in [1.165, 1.54) is 0 Å². The third-order valence-corrected chi connectivity index (χ3v) is 0. The Labute approximate surface area is 51.1 Å². The molecule has 0 aliphatic rings. The molecule has 0 saturated carbocycles. The van der Waals surface area contributed by atoms with Gasteiger partial charge in [-0.3, -0.25) is 6.79 Å². The molecule has 30 valence electrons. The number of hydrogen-bond donors (Lipinski definition) is 0. The SMILES string of the molecule is [Ag+].[CH-]=O.[Fe]. The van der Waals surface area contributed by atoms with E-state index in [1.807, 2.05) is 0 Å². The second-order valence-electron chi connectivity index (χ2n) is 0. The average molecular weight is 193 g/mol. The van der Waals surface area contributed by atoms with Crippen LogP contribution in [0.4, 0.5) is 0 Å². The van der Waals surface area contributed by atoms with Crippen LogP contribution in [0.2, 0.25) is 0 Å². The molecular formula is CHAgFeO. The van der Waals surface area contributed by atoms with E-state index in [1.54, 1.807) is 0 Å². The summed E-state index contributed by atoms with van der Waals surface area (Å²) in [6, 6.07) is 0. The Kier molecular flexibility index (Phi) is 199. The molecule has 0 amide bonds. The van der Waals surface area contributed by atoms with Crippen LogP contribution in [-0.4, -0.2) is 6.79 Å². The van der Waals surface area contributed by atoms with Crippen molar-refractivity contribution < 1.29 is 44.2 Å². The summed E-state index contributed by atoms with van der Waals surface area (Å²) < 4.78 is 0. The van der Waals surface area contributed by atoms with Crippen molar-refractivity contribution in [2.45, 2.75) is 0 Å². The van der Waals surface area contributed by atoms with Crippen molar-refractivity contribution in [1.82, 2.24) is 0 Å². The minimum Gasteiger partial charge on any atom is -0.545 e. The van der Waals surface area contributed by atoms with Crippen LogP contribution in [0.15, 0.2) is 0 Å². The van der Waals surface area contributed by atoms with Crippen molar-refractivity contribution >= 4 is 6.79 Å². The number of hydrogen-bond acceptors (Lipinski definition) is 1. The van der Waals surface area contributed by atoms with Gasteiger partial charge in [-0.05, 0) is 0 Å². The third kappa shape index (κ3) is 12.6. The van der Waals surface area contributed by atoms with Gasteiger partial charge in [0.25, 0.3) is 0 Å². The summed E-state index contributed by atoms with van der Waals surface area (Å²) in [4.78, 5) is 7.75. The quantitative estimate of drug-likeness (QED) is 0.293. The fourth-order valence-corrected chi connectivity index (χ4v) is 0. The molecule has 0 atom stereocenters. The molecule has 3 heteroatoms. The van der Waals surface area contributed by atoms with E-state index in [0.717, 1.165) is 0 Å². The summed E-state index contributed by atoms with van der Waals surface area (Å²) in [5.41, 5.74) is 0. The van der Waals surface area contributed by atoms with Gasteiger partial charge in [0.2, 0.25) is 0 Å². The predicted octanol–water partition coefficient (Wildman–Crippen LogP) is -0.279. The first-order chi connectivity index (χ1) is 1.00. The molecule has 0 aromatic heterocycles. The zero-order valence-electron chi connectivity index (χ0n) is 1.64. The first-order valence-electron chi connectivity index (χ1n) is 0.236. The average Bonchev–Trinajstić information content (AvgIpc) is 1.00. The summed E-state index contributed by atoms with van der Waals surface area (Å²) in [5, 5.41) is 0. The molecule has 0 aliphatic carbocycles. The van der Waals surface area contributed by atoms with Crippen LogP contribution in [0.1, 0.15) is 0 Å². The second kappa shape index (κ2) is 39.0. The van der Waals surface area contributed by atoms with Gasteiger partial charge in [-0.25, -0.2) is 0 Å². The molecule has 0 aromatic rings. The molecule has 0 fully saturated rings. The molecular weight excluding hydrogens is 192 g/mol. The summed E-state index contributed by atoms with van der Waals surface area (Å²) in [7, 11) is 0. The largest absolute Gasteiger partial charge is 1.00 e. The van der Waals surface area contributed by atoms with E-state index < -0.39 is 0 Å². The summed E-state index contributed by atoms with van der Waals surface area (Å²) in [6.45, 7) is 3.25. The van der Waals surface area contributed by atoms with Crippen LogP contribution < -0.4 is 0 Å². The van der Waals surface area contributed by atoms with Gasteiger partial charge in [-0.15, -0.1) is 0 Å². The van der Waals surface area contributed by atoms with Crippen LogP contribution in [0.3, 0.4) is 0 Å². The van der Waals surface area contributed by atoms with E-state index in [-0.39, 0.29) is 39.4 Å². The van der Waals surface area contributed by atoms with Gasteiger partial charge in [0.1, 0.15) is 0 Å². The molecule has 0 radical (unpaired) electrons. The maximum absolute atomic E-state index is 7.75. The van der Waals surface area contributed by atoms with Gasteiger partial charge in [0.15, 0.2) is 0 Å².